The summed E-state index contributed by atoms with van der Waals surface area (Å²) in [5.74, 6) is 0. The van der Waals surface area contributed by atoms with Crippen molar-refractivity contribution in [3.8, 4) is 0 Å². The number of aromatic amines is 2. The first kappa shape index (κ1) is 18.3. The van der Waals surface area contributed by atoms with Crippen LogP contribution < -0.4 is 62.6 Å². The Hall–Kier alpha value is -1.03. The van der Waals surface area contributed by atoms with Crippen molar-refractivity contribution in [3.63, 3.8) is 0 Å². The van der Waals surface area contributed by atoms with Crippen LogP contribution in [-0.2, 0) is 9.84 Å². The minimum atomic E-state index is -3.72. The SMILES string of the molecule is Cc1ccc(S(=O)(=O)c2ccc3[nH]c(=O)[nH]c(=O)c3c2)cc1.[K+]. The number of benzene rings is 2. The van der Waals surface area contributed by atoms with E-state index in [9.17, 15) is 18.0 Å². The summed E-state index contributed by atoms with van der Waals surface area (Å²) in [6, 6.07) is 10.5. The molecule has 0 aliphatic carbocycles. The molecule has 0 saturated heterocycles. The summed E-state index contributed by atoms with van der Waals surface area (Å²) in [6.45, 7) is 1.86. The molecule has 0 fully saturated rings. The van der Waals surface area contributed by atoms with Crippen molar-refractivity contribution in [2.75, 3.05) is 0 Å². The first-order chi connectivity index (χ1) is 10.4. The molecule has 1 heterocycles. The second-order valence-corrected chi connectivity index (χ2v) is 6.88. The van der Waals surface area contributed by atoms with E-state index in [1.807, 2.05) is 6.92 Å². The summed E-state index contributed by atoms with van der Waals surface area (Å²) in [5.41, 5.74) is -0.0190. The van der Waals surface area contributed by atoms with Crippen molar-refractivity contribution in [2.24, 2.45) is 0 Å². The molecule has 2 N–H and O–H groups in total. The van der Waals surface area contributed by atoms with E-state index in [2.05, 4.69) is 9.97 Å². The van der Waals surface area contributed by atoms with Gasteiger partial charge in [-0.3, -0.25) is 9.78 Å². The molecule has 1 aromatic heterocycles. The van der Waals surface area contributed by atoms with Gasteiger partial charge in [-0.2, -0.15) is 0 Å². The number of hydrogen-bond donors (Lipinski definition) is 2. The van der Waals surface area contributed by atoms with Gasteiger partial charge in [0.05, 0.1) is 20.7 Å². The third-order valence-electron chi connectivity index (χ3n) is 3.35. The number of H-pyrrole nitrogens is 2. The van der Waals surface area contributed by atoms with E-state index in [-0.39, 0.29) is 72.1 Å². The number of fused-ring (bicyclic) bond motifs is 1. The van der Waals surface area contributed by atoms with Crippen molar-refractivity contribution in [3.05, 3.63) is 68.9 Å². The molecule has 0 aliphatic rings. The quantitative estimate of drug-likeness (QED) is 0.539. The van der Waals surface area contributed by atoms with Crippen LogP contribution in [-0.4, -0.2) is 18.4 Å². The van der Waals surface area contributed by atoms with Gasteiger partial charge in [-0.1, -0.05) is 17.7 Å². The molecule has 0 unspecified atom stereocenters. The molecule has 0 aliphatic heterocycles. The van der Waals surface area contributed by atoms with Crippen LogP contribution in [0.25, 0.3) is 10.9 Å². The first-order valence-corrected chi connectivity index (χ1v) is 7.94. The van der Waals surface area contributed by atoms with Gasteiger partial charge in [-0.05, 0) is 37.3 Å². The zero-order valence-electron chi connectivity index (χ0n) is 12.6. The zero-order valence-corrected chi connectivity index (χ0v) is 16.5. The minimum absolute atomic E-state index is 0. The third kappa shape index (κ3) is 3.57. The van der Waals surface area contributed by atoms with Gasteiger partial charge in [0.1, 0.15) is 0 Å². The summed E-state index contributed by atoms with van der Waals surface area (Å²) >= 11 is 0. The number of rotatable bonds is 2. The van der Waals surface area contributed by atoms with E-state index in [4.69, 9.17) is 0 Å². The molecule has 0 radical (unpaired) electrons. The second-order valence-electron chi connectivity index (χ2n) is 4.93. The van der Waals surface area contributed by atoms with Gasteiger partial charge in [0, 0.05) is 0 Å². The van der Waals surface area contributed by atoms with Crippen LogP contribution >= 0.6 is 0 Å². The molecular weight excluding hydrogens is 343 g/mol. The van der Waals surface area contributed by atoms with E-state index in [1.165, 1.54) is 30.3 Å². The predicted molar refractivity (Wildman–Crippen MR) is 81.8 cm³/mol. The number of aryl methyl sites for hydroxylation is 1. The Bertz CT molecular complexity index is 1080. The van der Waals surface area contributed by atoms with Gasteiger partial charge >= 0.3 is 57.1 Å². The van der Waals surface area contributed by atoms with Gasteiger partial charge in [0.25, 0.3) is 5.56 Å². The van der Waals surface area contributed by atoms with Crippen molar-refractivity contribution < 1.29 is 59.8 Å². The topological polar surface area (TPSA) is 99.9 Å². The Morgan fingerprint density at radius 1 is 0.870 bits per heavy atom. The van der Waals surface area contributed by atoms with Gasteiger partial charge in [0.15, 0.2) is 0 Å². The van der Waals surface area contributed by atoms with E-state index in [1.54, 1.807) is 12.1 Å². The minimum Gasteiger partial charge on any atom is -0.307 e. The fourth-order valence-corrected chi connectivity index (χ4v) is 3.45. The van der Waals surface area contributed by atoms with Crippen molar-refractivity contribution in [1.29, 1.82) is 0 Å². The van der Waals surface area contributed by atoms with Crippen LogP contribution in [0.15, 0.2) is 61.8 Å². The van der Waals surface area contributed by atoms with Gasteiger partial charge in [0.2, 0.25) is 9.84 Å². The average Bonchev–Trinajstić information content (AvgIpc) is 2.47. The van der Waals surface area contributed by atoms with Crippen molar-refractivity contribution >= 4 is 20.7 Å². The molecule has 3 aromatic rings. The van der Waals surface area contributed by atoms with Crippen molar-refractivity contribution in [2.45, 2.75) is 16.7 Å². The molecule has 0 bridgehead atoms. The largest absolute Gasteiger partial charge is 1.00 e. The number of sulfone groups is 1. The Balaban J connectivity index is 0.00000192. The average molecular weight is 355 g/mol. The molecule has 0 amide bonds. The maximum absolute atomic E-state index is 12.6. The summed E-state index contributed by atoms with van der Waals surface area (Å²) < 4.78 is 25.2. The van der Waals surface area contributed by atoms with Gasteiger partial charge in [-0.15, -0.1) is 0 Å². The van der Waals surface area contributed by atoms with Crippen LogP contribution in [0.2, 0.25) is 0 Å². The summed E-state index contributed by atoms with van der Waals surface area (Å²) in [5, 5.41) is 0.118. The maximum atomic E-state index is 12.6. The van der Waals surface area contributed by atoms with Crippen molar-refractivity contribution in [1.82, 2.24) is 9.97 Å². The van der Waals surface area contributed by atoms with E-state index < -0.39 is 21.1 Å². The molecule has 3 rings (SSSR count). The maximum Gasteiger partial charge on any atom is 1.00 e. The molecule has 0 saturated carbocycles. The molecule has 8 heteroatoms. The molecule has 23 heavy (non-hydrogen) atoms. The third-order valence-corrected chi connectivity index (χ3v) is 5.12. The van der Waals surface area contributed by atoms with Crippen LogP contribution in [0.4, 0.5) is 0 Å². The fraction of sp³-hybridized carbons (Fsp3) is 0.0667. The van der Waals surface area contributed by atoms with Gasteiger partial charge < -0.3 is 4.98 Å². The van der Waals surface area contributed by atoms with Crippen LogP contribution in [0, 0.1) is 6.92 Å². The molecule has 0 spiro atoms. The normalized spacial score (nSPS) is 11.2. The zero-order chi connectivity index (χ0) is 15.9. The van der Waals surface area contributed by atoms with Crippen LogP contribution in [0.1, 0.15) is 5.56 Å². The number of aromatic nitrogens is 2. The molecule has 6 nitrogen and oxygen atoms in total. The Morgan fingerprint density at radius 2 is 1.48 bits per heavy atom. The summed E-state index contributed by atoms with van der Waals surface area (Å²) in [6.07, 6.45) is 0. The first-order valence-electron chi connectivity index (χ1n) is 6.46. The number of nitrogens with one attached hydrogen (secondary N) is 2. The molecule has 2 aromatic carbocycles. The second kappa shape index (κ2) is 6.84. The standard InChI is InChI=1S/C15H12N2O4S.K/c1-9-2-4-10(5-3-9)22(20,21)11-6-7-13-12(8-11)14(18)17-15(19)16-13;/h2-8H,1H3,(H2,16,17,18,19);/q;+1. The van der Waals surface area contributed by atoms with Crippen LogP contribution in [0.5, 0.6) is 0 Å². The predicted octanol–water partition coefficient (Wildman–Crippen LogP) is -1.64. The van der Waals surface area contributed by atoms with E-state index >= 15 is 0 Å². The molecular formula is C15H12KN2O4S+. The smallest absolute Gasteiger partial charge is 0.307 e. The van der Waals surface area contributed by atoms with Crippen LogP contribution in [0.3, 0.4) is 0 Å². The Kier molecular flexibility index (Phi) is 5.44. The fourth-order valence-electron chi connectivity index (χ4n) is 2.16. The summed E-state index contributed by atoms with van der Waals surface area (Å²) in [4.78, 5) is 27.7. The summed E-state index contributed by atoms with van der Waals surface area (Å²) in [7, 11) is -3.72. The molecule has 112 valence electrons. The van der Waals surface area contributed by atoms with Gasteiger partial charge in [-0.25, -0.2) is 13.2 Å². The molecule has 0 atom stereocenters. The van der Waals surface area contributed by atoms with E-state index in [0.717, 1.165) is 5.56 Å². The van der Waals surface area contributed by atoms with E-state index in [0.29, 0.717) is 0 Å². The monoisotopic (exact) mass is 355 g/mol. The Morgan fingerprint density at radius 3 is 2.13 bits per heavy atom. The number of hydrogen-bond acceptors (Lipinski definition) is 4. The Labute approximate surface area is 174 Å².